The van der Waals surface area contributed by atoms with Gasteiger partial charge in [-0.2, -0.15) is 0 Å². The SMILES string of the molecule is COc1cc([C@@H]2C(=C(O)c3ccc(F)cc3)C(=O)C(=O)N2c2nc3c(C)cc(C)cc3s2)cc(OC)c1OC. The molecule has 1 amide bonds. The lowest BCUT2D eigenvalue weighted by Gasteiger charge is -2.24. The fourth-order valence-electron chi connectivity index (χ4n) is 4.83. The van der Waals surface area contributed by atoms with Crippen LogP contribution in [0.4, 0.5) is 9.52 Å². The number of carbonyl (C=O) groups excluding carboxylic acids is 2. The van der Waals surface area contributed by atoms with Crippen LogP contribution in [0.15, 0.2) is 54.1 Å². The van der Waals surface area contributed by atoms with Crippen LogP contribution in [0.25, 0.3) is 16.0 Å². The molecule has 1 fully saturated rings. The van der Waals surface area contributed by atoms with Crippen molar-refractivity contribution < 1.29 is 33.3 Å². The maximum atomic E-state index is 13.6. The van der Waals surface area contributed by atoms with E-state index < -0.39 is 29.3 Å². The van der Waals surface area contributed by atoms with Crippen molar-refractivity contribution in [1.29, 1.82) is 0 Å². The van der Waals surface area contributed by atoms with Gasteiger partial charge in [-0.05, 0) is 73.0 Å². The van der Waals surface area contributed by atoms with Crippen LogP contribution in [-0.4, -0.2) is 43.1 Å². The topological polar surface area (TPSA) is 98.2 Å². The molecule has 0 radical (unpaired) electrons. The number of aliphatic hydroxyl groups excluding tert-OH is 1. The number of halogens is 1. The molecule has 1 N–H and O–H groups in total. The lowest BCUT2D eigenvalue weighted by molar-refractivity contribution is -0.132. The third-order valence-corrected chi connectivity index (χ3v) is 7.59. The number of fused-ring (bicyclic) bond motifs is 1. The number of rotatable bonds is 6. The normalized spacial score (nSPS) is 16.7. The van der Waals surface area contributed by atoms with Gasteiger partial charge in [0.15, 0.2) is 16.6 Å². The maximum Gasteiger partial charge on any atom is 0.301 e. The Balaban J connectivity index is 1.80. The van der Waals surface area contributed by atoms with Crippen molar-refractivity contribution in [3.63, 3.8) is 0 Å². The van der Waals surface area contributed by atoms with Crippen molar-refractivity contribution >= 4 is 44.1 Å². The van der Waals surface area contributed by atoms with E-state index in [9.17, 15) is 19.1 Å². The summed E-state index contributed by atoms with van der Waals surface area (Å²) in [5.74, 6) is -1.78. The fourth-order valence-corrected chi connectivity index (χ4v) is 6.00. The highest BCUT2D eigenvalue weighted by Gasteiger charge is 2.48. The number of Topliss-reactive ketones (excluding diaryl/α,β-unsaturated/α-hetero) is 1. The number of carbonyl (C=O) groups is 2. The molecule has 1 aromatic heterocycles. The van der Waals surface area contributed by atoms with Crippen LogP contribution in [0.5, 0.6) is 17.2 Å². The number of hydrogen-bond donors (Lipinski definition) is 1. The number of amides is 1. The summed E-state index contributed by atoms with van der Waals surface area (Å²) in [6.45, 7) is 3.90. The monoisotopic (exact) mass is 548 g/mol. The molecule has 1 aliphatic rings. The number of methoxy groups -OCH3 is 3. The average molecular weight is 549 g/mol. The van der Waals surface area contributed by atoms with Crippen molar-refractivity contribution in [2.75, 3.05) is 26.2 Å². The molecular weight excluding hydrogens is 523 g/mol. The van der Waals surface area contributed by atoms with Gasteiger partial charge in [-0.1, -0.05) is 17.4 Å². The van der Waals surface area contributed by atoms with Crippen LogP contribution >= 0.6 is 11.3 Å². The van der Waals surface area contributed by atoms with Crippen LogP contribution < -0.4 is 19.1 Å². The molecule has 2 heterocycles. The molecule has 0 bridgehead atoms. The smallest absolute Gasteiger partial charge is 0.301 e. The van der Waals surface area contributed by atoms with Gasteiger partial charge < -0.3 is 19.3 Å². The van der Waals surface area contributed by atoms with Crippen molar-refractivity contribution in [1.82, 2.24) is 4.98 Å². The first-order valence-electron chi connectivity index (χ1n) is 11.9. The van der Waals surface area contributed by atoms with E-state index in [4.69, 9.17) is 19.2 Å². The molecule has 10 heteroatoms. The Morgan fingerprint density at radius 1 is 0.974 bits per heavy atom. The number of ether oxygens (including phenoxy) is 3. The molecule has 1 aliphatic heterocycles. The van der Waals surface area contributed by atoms with E-state index in [0.29, 0.717) is 28.3 Å². The Labute approximate surface area is 227 Å². The van der Waals surface area contributed by atoms with Crippen LogP contribution in [0.1, 0.15) is 28.3 Å². The molecule has 0 saturated carbocycles. The van der Waals surface area contributed by atoms with E-state index in [1.54, 1.807) is 12.1 Å². The van der Waals surface area contributed by atoms with E-state index in [2.05, 4.69) is 0 Å². The number of aromatic nitrogens is 1. The van der Waals surface area contributed by atoms with Crippen molar-refractivity contribution in [2.24, 2.45) is 0 Å². The maximum absolute atomic E-state index is 13.6. The molecule has 1 saturated heterocycles. The molecule has 39 heavy (non-hydrogen) atoms. The van der Waals surface area contributed by atoms with Gasteiger partial charge in [0, 0.05) is 5.56 Å². The Hall–Kier alpha value is -4.44. The third kappa shape index (κ3) is 4.36. The van der Waals surface area contributed by atoms with Gasteiger partial charge in [0.2, 0.25) is 5.75 Å². The molecule has 8 nitrogen and oxygen atoms in total. The summed E-state index contributed by atoms with van der Waals surface area (Å²) in [5, 5.41) is 11.6. The predicted octanol–water partition coefficient (Wildman–Crippen LogP) is 5.70. The zero-order chi connectivity index (χ0) is 28.0. The Kier molecular flexibility index (Phi) is 6.73. The molecule has 0 spiro atoms. The van der Waals surface area contributed by atoms with Crippen LogP contribution in [0, 0.1) is 19.7 Å². The van der Waals surface area contributed by atoms with Gasteiger partial charge >= 0.3 is 5.91 Å². The fraction of sp³-hybridized carbons (Fsp3) is 0.207. The number of anilines is 1. The minimum absolute atomic E-state index is 0.173. The van der Waals surface area contributed by atoms with Crippen LogP contribution in [0.3, 0.4) is 0 Å². The minimum atomic E-state index is -1.09. The van der Waals surface area contributed by atoms with E-state index in [1.807, 2.05) is 26.0 Å². The number of aryl methyl sites for hydroxylation is 2. The molecule has 200 valence electrons. The lowest BCUT2D eigenvalue weighted by Crippen LogP contribution is -2.29. The number of hydrogen-bond acceptors (Lipinski definition) is 8. The van der Waals surface area contributed by atoms with Crippen LogP contribution in [-0.2, 0) is 9.59 Å². The predicted molar refractivity (Wildman–Crippen MR) is 146 cm³/mol. The van der Waals surface area contributed by atoms with Gasteiger partial charge in [-0.3, -0.25) is 14.5 Å². The Morgan fingerprint density at radius 3 is 2.21 bits per heavy atom. The number of ketones is 1. The summed E-state index contributed by atoms with van der Waals surface area (Å²) in [6, 6.07) is 11.1. The molecule has 4 aromatic rings. The minimum Gasteiger partial charge on any atom is -0.507 e. The van der Waals surface area contributed by atoms with Gasteiger partial charge in [-0.15, -0.1) is 0 Å². The number of nitrogens with zero attached hydrogens (tertiary/aromatic N) is 2. The van der Waals surface area contributed by atoms with E-state index in [0.717, 1.165) is 28.0 Å². The molecule has 0 aliphatic carbocycles. The first-order valence-corrected chi connectivity index (χ1v) is 12.7. The molecule has 0 unspecified atom stereocenters. The highest BCUT2D eigenvalue weighted by molar-refractivity contribution is 7.22. The average Bonchev–Trinajstić information content (AvgIpc) is 3.46. The van der Waals surface area contributed by atoms with Gasteiger partial charge in [0.1, 0.15) is 11.6 Å². The second-order valence-electron chi connectivity index (χ2n) is 9.06. The molecule has 1 atom stereocenters. The van der Waals surface area contributed by atoms with Crippen molar-refractivity contribution in [3.05, 3.63) is 82.2 Å². The Morgan fingerprint density at radius 2 is 1.62 bits per heavy atom. The molecule has 3 aromatic carbocycles. The third-order valence-electron chi connectivity index (χ3n) is 6.59. The summed E-state index contributed by atoms with van der Waals surface area (Å²) in [4.78, 5) is 33.1. The first kappa shape index (κ1) is 26.2. The Bertz CT molecular complexity index is 1640. The van der Waals surface area contributed by atoms with Crippen molar-refractivity contribution in [3.8, 4) is 17.2 Å². The number of benzene rings is 3. The van der Waals surface area contributed by atoms with Gasteiger partial charge in [0.05, 0.1) is 43.2 Å². The standard InChI is InChI=1S/C29H25FN2O6S/c1-14-10-15(2)23-21(11-14)39-29(31-23)32-24(17-12-19(36-3)27(38-5)20(13-17)37-4)22(26(34)28(32)35)25(33)16-6-8-18(30)9-7-16/h6-13,24,33H,1-5H3/t24-/m1/s1. The quantitative estimate of drug-likeness (QED) is 0.187. The number of aliphatic hydroxyl groups is 1. The van der Waals surface area contributed by atoms with E-state index >= 15 is 0 Å². The zero-order valence-corrected chi connectivity index (χ0v) is 22.7. The first-order chi connectivity index (χ1) is 18.7. The lowest BCUT2D eigenvalue weighted by atomic mass is 9.94. The summed E-state index contributed by atoms with van der Waals surface area (Å²) in [5.41, 5.74) is 3.11. The highest BCUT2D eigenvalue weighted by atomic mass is 32.1. The van der Waals surface area contributed by atoms with Crippen molar-refractivity contribution in [2.45, 2.75) is 19.9 Å². The summed E-state index contributed by atoms with van der Waals surface area (Å²) >= 11 is 1.27. The largest absolute Gasteiger partial charge is 0.507 e. The van der Waals surface area contributed by atoms with Gasteiger partial charge in [-0.25, -0.2) is 9.37 Å². The van der Waals surface area contributed by atoms with E-state index in [-0.39, 0.29) is 16.3 Å². The van der Waals surface area contributed by atoms with Crippen LogP contribution in [0.2, 0.25) is 0 Å². The van der Waals surface area contributed by atoms with E-state index in [1.165, 1.54) is 49.7 Å². The summed E-state index contributed by atoms with van der Waals surface area (Å²) < 4.78 is 31.0. The second-order valence-corrected chi connectivity index (χ2v) is 10.1. The molecule has 5 rings (SSSR count). The van der Waals surface area contributed by atoms with Gasteiger partial charge in [0.25, 0.3) is 5.78 Å². The second kappa shape index (κ2) is 10.0. The molecular formula is C29H25FN2O6S. The highest BCUT2D eigenvalue weighted by Crippen LogP contribution is 2.48. The zero-order valence-electron chi connectivity index (χ0n) is 21.9. The summed E-state index contributed by atoms with van der Waals surface area (Å²) in [6.07, 6.45) is 0. The summed E-state index contributed by atoms with van der Waals surface area (Å²) in [7, 11) is 4.37. The number of thiazole rings is 1.